The average molecular weight is 406 g/mol. The Morgan fingerprint density at radius 3 is 2.26 bits per heavy atom. The van der Waals surface area contributed by atoms with Gasteiger partial charge in [-0.15, -0.1) is 10.2 Å². The second kappa shape index (κ2) is 9.53. The molecule has 8 heteroatoms. The summed E-state index contributed by atoms with van der Waals surface area (Å²) >= 11 is 7.45. The van der Waals surface area contributed by atoms with Gasteiger partial charge < -0.3 is 18.8 Å². The smallest absolute Gasteiger partial charge is 0.191 e. The van der Waals surface area contributed by atoms with E-state index in [1.54, 1.807) is 31.0 Å². The van der Waals surface area contributed by atoms with Crippen LogP contribution in [0.15, 0.2) is 53.7 Å². The summed E-state index contributed by atoms with van der Waals surface area (Å²) in [4.78, 5) is 0. The quantitative estimate of drug-likeness (QED) is 0.392. The van der Waals surface area contributed by atoms with Crippen molar-refractivity contribution in [2.24, 2.45) is 7.05 Å². The van der Waals surface area contributed by atoms with E-state index in [0.717, 1.165) is 34.0 Å². The van der Waals surface area contributed by atoms with Crippen LogP contribution in [0.1, 0.15) is 5.82 Å². The molecule has 3 aromatic rings. The average Bonchev–Trinajstić information content (AvgIpc) is 3.05. The van der Waals surface area contributed by atoms with Crippen molar-refractivity contribution in [1.29, 1.82) is 0 Å². The van der Waals surface area contributed by atoms with Gasteiger partial charge in [0.05, 0.1) is 13.7 Å². The summed E-state index contributed by atoms with van der Waals surface area (Å²) in [5.74, 6) is 3.87. The van der Waals surface area contributed by atoms with Gasteiger partial charge >= 0.3 is 0 Å². The van der Waals surface area contributed by atoms with Crippen LogP contribution in [0.2, 0.25) is 5.02 Å². The van der Waals surface area contributed by atoms with Gasteiger partial charge in [0, 0.05) is 17.8 Å². The van der Waals surface area contributed by atoms with E-state index in [1.165, 1.54) is 0 Å². The molecule has 27 heavy (non-hydrogen) atoms. The van der Waals surface area contributed by atoms with Gasteiger partial charge in [0.15, 0.2) is 11.0 Å². The lowest BCUT2D eigenvalue weighted by Crippen LogP contribution is -2.05. The molecule has 1 heterocycles. The number of thioether (sulfide) groups is 1. The minimum Gasteiger partial charge on any atom is -0.497 e. The van der Waals surface area contributed by atoms with Crippen molar-refractivity contribution in [2.75, 3.05) is 19.5 Å². The second-order valence-corrected chi connectivity index (χ2v) is 7.07. The first-order valence-electron chi connectivity index (χ1n) is 8.32. The fourth-order valence-corrected chi connectivity index (χ4v) is 3.11. The van der Waals surface area contributed by atoms with E-state index in [2.05, 4.69) is 10.2 Å². The molecule has 142 valence electrons. The lowest BCUT2D eigenvalue weighted by Gasteiger charge is -2.08. The molecule has 6 nitrogen and oxygen atoms in total. The Balaban J connectivity index is 1.44. The third-order valence-corrected chi connectivity index (χ3v) is 4.99. The van der Waals surface area contributed by atoms with Gasteiger partial charge in [0.25, 0.3) is 0 Å². The molecule has 0 unspecified atom stereocenters. The number of nitrogens with zero attached hydrogens (tertiary/aromatic N) is 3. The third kappa shape index (κ3) is 5.55. The van der Waals surface area contributed by atoms with E-state index >= 15 is 0 Å². The molecular formula is C19H20ClN3O3S. The van der Waals surface area contributed by atoms with Crippen LogP contribution in [0, 0.1) is 0 Å². The first-order valence-corrected chi connectivity index (χ1v) is 9.68. The lowest BCUT2D eigenvalue weighted by atomic mass is 10.3. The van der Waals surface area contributed by atoms with E-state index in [4.69, 9.17) is 25.8 Å². The summed E-state index contributed by atoms with van der Waals surface area (Å²) in [6, 6.07) is 14.7. The highest BCUT2D eigenvalue weighted by Crippen LogP contribution is 2.20. The molecule has 0 spiro atoms. The highest BCUT2D eigenvalue weighted by atomic mass is 35.5. The van der Waals surface area contributed by atoms with Gasteiger partial charge in [-0.1, -0.05) is 23.4 Å². The van der Waals surface area contributed by atoms with E-state index in [9.17, 15) is 0 Å². The largest absolute Gasteiger partial charge is 0.497 e. The Morgan fingerprint density at radius 1 is 0.926 bits per heavy atom. The lowest BCUT2D eigenvalue weighted by molar-refractivity contribution is 0.290. The number of methoxy groups -OCH3 is 1. The highest BCUT2D eigenvalue weighted by molar-refractivity contribution is 7.99. The molecule has 0 radical (unpaired) electrons. The van der Waals surface area contributed by atoms with Gasteiger partial charge in [-0.05, 0) is 48.5 Å². The molecule has 0 aliphatic rings. The molecule has 0 saturated heterocycles. The zero-order valence-electron chi connectivity index (χ0n) is 15.1. The Bertz CT molecular complexity index is 854. The van der Waals surface area contributed by atoms with Crippen molar-refractivity contribution in [3.05, 3.63) is 59.4 Å². The van der Waals surface area contributed by atoms with E-state index in [-0.39, 0.29) is 0 Å². The monoisotopic (exact) mass is 405 g/mol. The summed E-state index contributed by atoms with van der Waals surface area (Å²) < 4.78 is 18.5. The number of halogens is 1. The van der Waals surface area contributed by atoms with Crippen LogP contribution in [0.5, 0.6) is 17.2 Å². The SMILES string of the molecule is COc1ccc(OCCSc2nnc(COc3ccc(Cl)cc3)n2C)cc1. The molecule has 3 rings (SSSR count). The van der Waals surface area contributed by atoms with Gasteiger partial charge in [0.2, 0.25) is 0 Å². The number of hydrogen-bond donors (Lipinski definition) is 0. The predicted octanol–water partition coefficient (Wildman–Crippen LogP) is 4.23. The highest BCUT2D eigenvalue weighted by Gasteiger charge is 2.10. The zero-order chi connectivity index (χ0) is 19.1. The Labute approximate surface area is 167 Å². The first kappa shape index (κ1) is 19.4. The Hall–Kier alpha value is -2.38. The number of ether oxygens (including phenoxy) is 3. The summed E-state index contributed by atoms with van der Waals surface area (Å²) in [6.45, 7) is 0.911. The van der Waals surface area contributed by atoms with Crippen LogP contribution >= 0.6 is 23.4 Å². The van der Waals surface area contributed by atoms with Crippen molar-refractivity contribution in [1.82, 2.24) is 14.8 Å². The molecule has 0 aliphatic heterocycles. The maximum atomic E-state index is 5.87. The number of aromatic nitrogens is 3. The minimum atomic E-state index is 0.341. The molecule has 2 aromatic carbocycles. The van der Waals surface area contributed by atoms with Crippen molar-refractivity contribution in [3.63, 3.8) is 0 Å². The van der Waals surface area contributed by atoms with Gasteiger partial charge in [-0.25, -0.2) is 0 Å². The minimum absolute atomic E-state index is 0.341. The van der Waals surface area contributed by atoms with Crippen LogP contribution in [0.3, 0.4) is 0 Å². The van der Waals surface area contributed by atoms with Crippen LogP contribution in [-0.4, -0.2) is 34.2 Å². The fourth-order valence-electron chi connectivity index (χ4n) is 2.24. The molecule has 0 saturated carbocycles. The Morgan fingerprint density at radius 2 is 1.56 bits per heavy atom. The molecule has 0 N–H and O–H groups in total. The molecule has 0 atom stereocenters. The van der Waals surface area contributed by atoms with Crippen molar-refractivity contribution >= 4 is 23.4 Å². The Kier molecular flexibility index (Phi) is 6.84. The zero-order valence-corrected chi connectivity index (χ0v) is 16.7. The summed E-state index contributed by atoms with van der Waals surface area (Å²) in [6.07, 6.45) is 0. The fraction of sp³-hybridized carbons (Fsp3) is 0.263. The molecular weight excluding hydrogens is 386 g/mol. The third-order valence-electron chi connectivity index (χ3n) is 3.75. The van der Waals surface area contributed by atoms with E-state index < -0.39 is 0 Å². The molecule has 0 fully saturated rings. The molecule has 1 aromatic heterocycles. The van der Waals surface area contributed by atoms with Crippen LogP contribution in [-0.2, 0) is 13.7 Å². The summed E-state index contributed by atoms with van der Waals surface area (Å²) in [7, 11) is 3.56. The van der Waals surface area contributed by atoms with Gasteiger partial charge in [-0.3, -0.25) is 0 Å². The van der Waals surface area contributed by atoms with Crippen LogP contribution in [0.4, 0.5) is 0 Å². The van der Waals surface area contributed by atoms with Crippen LogP contribution < -0.4 is 14.2 Å². The predicted molar refractivity (Wildman–Crippen MR) is 106 cm³/mol. The second-order valence-electron chi connectivity index (χ2n) is 5.57. The topological polar surface area (TPSA) is 58.4 Å². The molecule has 0 bridgehead atoms. The van der Waals surface area contributed by atoms with Crippen LogP contribution in [0.25, 0.3) is 0 Å². The maximum Gasteiger partial charge on any atom is 0.191 e. The summed E-state index contributed by atoms with van der Waals surface area (Å²) in [5, 5.41) is 9.90. The van der Waals surface area contributed by atoms with Gasteiger partial charge in [0.1, 0.15) is 23.9 Å². The maximum absolute atomic E-state index is 5.87. The summed E-state index contributed by atoms with van der Waals surface area (Å²) in [5.41, 5.74) is 0. The number of hydrogen-bond acceptors (Lipinski definition) is 6. The van der Waals surface area contributed by atoms with E-state index in [1.807, 2.05) is 48.0 Å². The van der Waals surface area contributed by atoms with Crippen molar-refractivity contribution < 1.29 is 14.2 Å². The van der Waals surface area contributed by atoms with E-state index in [0.29, 0.717) is 18.2 Å². The molecule has 0 amide bonds. The first-order chi connectivity index (χ1) is 13.2. The normalized spacial score (nSPS) is 10.6. The molecule has 0 aliphatic carbocycles. The number of rotatable bonds is 9. The van der Waals surface area contributed by atoms with Gasteiger partial charge in [-0.2, -0.15) is 0 Å². The van der Waals surface area contributed by atoms with Crippen molar-refractivity contribution in [3.8, 4) is 17.2 Å². The number of benzene rings is 2. The standard InChI is InChI=1S/C19H20ClN3O3S/c1-23-18(13-26-17-5-3-14(20)4-6-17)21-22-19(23)27-12-11-25-16-9-7-15(24-2)8-10-16/h3-10H,11-13H2,1-2H3. The van der Waals surface area contributed by atoms with Crippen molar-refractivity contribution in [2.45, 2.75) is 11.8 Å².